The van der Waals surface area contributed by atoms with Gasteiger partial charge >= 0.3 is 0 Å². The minimum Gasteiger partial charge on any atom is -0.374 e. The maximum Gasteiger partial charge on any atom is 0.0896 e. The summed E-state index contributed by atoms with van der Waals surface area (Å²) in [6.45, 7) is 2.66. The first-order valence-corrected chi connectivity index (χ1v) is 5.69. The molecule has 1 saturated heterocycles. The predicted molar refractivity (Wildman–Crippen MR) is 63.3 cm³/mol. The zero-order valence-corrected chi connectivity index (χ0v) is 9.89. The average molecular weight is 221 g/mol. The van der Waals surface area contributed by atoms with Gasteiger partial charge in [0.2, 0.25) is 0 Å². The van der Waals surface area contributed by atoms with E-state index in [-0.39, 0.29) is 6.10 Å². The number of rotatable bonds is 3. The van der Waals surface area contributed by atoms with Crippen molar-refractivity contribution in [2.45, 2.75) is 12.1 Å². The van der Waals surface area contributed by atoms with Gasteiger partial charge in [0.05, 0.1) is 18.8 Å². The van der Waals surface area contributed by atoms with Crippen molar-refractivity contribution in [1.82, 2.24) is 15.2 Å². The Balaban J connectivity index is 2.19. The number of likely N-dealkylation sites (N-methyl/N-ethyl adjacent to an activating group) is 2. The van der Waals surface area contributed by atoms with Gasteiger partial charge in [-0.05, 0) is 31.8 Å². The third kappa shape index (κ3) is 2.40. The third-order valence-corrected chi connectivity index (χ3v) is 3.06. The first-order chi connectivity index (χ1) is 7.83. The summed E-state index contributed by atoms with van der Waals surface area (Å²) >= 11 is 0. The molecular weight excluding hydrogens is 202 g/mol. The Hall–Kier alpha value is -0.970. The van der Waals surface area contributed by atoms with Crippen molar-refractivity contribution in [3.8, 4) is 0 Å². The lowest BCUT2D eigenvalue weighted by Crippen LogP contribution is -2.46. The van der Waals surface area contributed by atoms with Gasteiger partial charge in [-0.1, -0.05) is 0 Å². The molecule has 0 saturated carbocycles. The van der Waals surface area contributed by atoms with E-state index in [1.54, 1.807) is 0 Å². The van der Waals surface area contributed by atoms with Gasteiger partial charge in [0, 0.05) is 25.5 Å². The Morgan fingerprint density at radius 2 is 2.25 bits per heavy atom. The average Bonchev–Trinajstić information content (AvgIpc) is 2.31. The van der Waals surface area contributed by atoms with Crippen molar-refractivity contribution in [1.29, 1.82) is 0 Å². The molecule has 4 nitrogen and oxygen atoms in total. The minimum absolute atomic E-state index is 0.214. The molecule has 0 aliphatic carbocycles. The highest BCUT2D eigenvalue weighted by molar-refractivity contribution is 5.17. The molecule has 0 amide bonds. The Labute approximate surface area is 96.6 Å². The lowest BCUT2D eigenvalue weighted by molar-refractivity contribution is -0.0606. The number of nitrogens with one attached hydrogen (secondary N) is 1. The van der Waals surface area contributed by atoms with Crippen LogP contribution in [0.1, 0.15) is 11.6 Å². The van der Waals surface area contributed by atoms with Crippen LogP contribution in [-0.4, -0.2) is 49.8 Å². The fourth-order valence-electron chi connectivity index (χ4n) is 2.26. The molecule has 1 N–H and O–H groups in total. The molecule has 2 unspecified atom stereocenters. The minimum atomic E-state index is 0.214. The highest BCUT2D eigenvalue weighted by atomic mass is 16.5. The van der Waals surface area contributed by atoms with Crippen LogP contribution in [0.5, 0.6) is 0 Å². The molecule has 2 rings (SSSR count). The van der Waals surface area contributed by atoms with Crippen LogP contribution in [0, 0.1) is 0 Å². The molecule has 1 aromatic rings. The molecule has 2 atom stereocenters. The van der Waals surface area contributed by atoms with Crippen LogP contribution in [0.25, 0.3) is 0 Å². The van der Waals surface area contributed by atoms with Crippen LogP contribution in [0.4, 0.5) is 0 Å². The van der Waals surface area contributed by atoms with E-state index in [1.807, 2.05) is 19.4 Å². The highest BCUT2D eigenvalue weighted by Crippen LogP contribution is 2.27. The monoisotopic (exact) mass is 221 g/mol. The quantitative estimate of drug-likeness (QED) is 0.814. The van der Waals surface area contributed by atoms with Crippen molar-refractivity contribution in [3.63, 3.8) is 0 Å². The van der Waals surface area contributed by atoms with E-state index < -0.39 is 0 Å². The number of nitrogens with zero attached hydrogens (tertiary/aromatic N) is 2. The Morgan fingerprint density at radius 3 is 2.94 bits per heavy atom. The van der Waals surface area contributed by atoms with Crippen LogP contribution < -0.4 is 5.32 Å². The molecule has 0 radical (unpaired) electrons. The number of pyridine rings is 1. The molecule has 0 aromatic carbocycles. The highest BCUT2D eigenvalue weighted by Gasteiger charge is 2.30. The van der Waals surface area contributed by atoms with Crippen LogP contribution in [-0.2, 0) is 4.74 Å². The van der Waals surface area contributed by atoms with Crippen LogP contribution in [0.15, 0.2) is 24.5 Å². The molecule has 0 bridgehead atoms. The topological polar surface area (TPSA) is 37.4 Å². The first-order valence-electron chi connectivity index (χ1n) is 5.69. The molecule has 1 aliphatic rings. The van der Waals surface area contributed by atoms with Crippen molar-refractivity contribution >= 4 is 0 Å². The number of aromatic nitrogens is 1. The molecule has 1 aromatic heterocycles. The number of hydrogen-bond donors (Lipinski definition) is 1. The zero-order valence-electron chi connectivity index (χ0n) is 9.89. The maximum absolute atomic E-state index is 5.83. The van der Waals surface area contributed by atoms with E-state index in [1.165, 1.54) is 5.56 Å². The van der Waals surface area contributed by atoms with E-state index in [2.05, 4.69) is 34.4 Å². The normalized spacial score (nSPS) is 26.9. The third-order valence-electron chi connectivity index (χ3n) is 3.06. The molecular formula is C12H19N3O. The van der Waals surface area contributed by atoms with Gasteiger partial charge in [-0.2, -0.15) is 0 Å². The lowest BCUT2D eigenvalue weighted by Gasteiger charge is -2.39. The van der Waals surface area contributed by atoms with Crippen molar-refractivity contribution in [2.24, 2.45) is 0 Å². The van der Waals surface area contributed by atoms with E-state index >= 15 is 0 Å². The Kier molecular flexibility index (Phi) is 3.88. The summed E-state index contributed by atoms with van der Waals surface area (Å²) in [4.78, 5) is 6.41. The second-order valence-corrected chi connectivity index (χ2v) is 4.17. The van der Waals surface area contributed by atoms with E-state index in [0.717, 1.165) is 19.7 Å². The smallest absolute Gasteiger partial charge is 0.0896 e. The molecule has 16 heavy (non-hydrogen) atoms. The second-order valence-electron chi connectivity index (χ2n) is 4.17. The van der Waals surface area contributed by atoms with Crippen LogP contribution in [0.2, 0.25) is 0 Å². The first kappa shape index (κ1) is 11.5. The van der Waals surface area contributed by atoms with Crippen LogP contribution >= 0.6 is 0 Å². The fraction of sp³-hybridized carbons (Fsp3) is 0.583. The summed E-state index contributed by atoms with van der Waals surface area (Å²) in [5, 5.41) is 3.19. The van der Waals surface area contributed by atoms with Crippen molar-refractivity contribution < 1.29 is 4.74 Å². The van der Waals surface area contributed by atoms with Gasteiger partial charge in [0.25, 0.3) is 0 Å². The Morgan fingerprint density at radius 1 is 1.50 bits per heavy atom. The molecule has 4 heteroatoms. The Bertz CT molecular complexity index is 315. The molecule has 1 fully saturated rings. The largest absolute Gasteiger partial charge is 0.374 e. The maximum atomic E-state index is 5.83. The van der Waals surface area contributed by atoms with E-state index in [0.29, 0.717) is 6.04 Å². The number of ether oxygens (including phenoxy) is 1. The zero-order chi connectivity index (χ0) is 11.4. The fourth-order valence-corrected chi connectivity index (χ4v) is 2.26. The molecule has 88 valence electrons. The summed E-state index contributed by atoms with van der Waals surface area (Å²) < 4.78 is 5.83. The predicted octanol–water partition coefficient (Wildman–Crippen LogP) is 0.673. The van der Waals surface area contributed by atoms with Gasteiger partial charge < -0.3 is 10.1 Å². The molecule has 2 heterocycles. The van der Waals surface area contributed by atoms with Gasteiger partial charge in [0.15, 0.2) is 0 Å². The lowest BCUT2D eigenvalue weighted by atomic mass is 9.99. The van der Waals surface area contributed by atoms with E-state index in [9.17, 15) is 0 Å². The molecule has 0 spiro atoms. The number of hydrogen-bond acceptors (Lipinski definition) is 4. The summed E-state index contributed by atoms with van der Waals surface area (Å²) in [6, 6.07) is 4.46. The van der Waals surface area contributed by atoms with Gasteiger partial charge in [-0.3, -0.25) is 9.88 Å². The second kappa shape index (κ2) is 5.39. The van der Waals surface area contributed by atoms with Crippen molar-refractivity contribution in [2.75, 3.05) is 33.8 Å². The number of morpholine rings is 1. The van der Waals surface area contributed by atoms with Crippen LogP contribution in [0.3, 0.4) is 0 Å². The van der Waals surface area contributed by atoms with E-state index in [4.69, 9.17) is 4.74 Å². The van der Waals surface area contributed by atoms with Gasteiger partial charge in [-0.25, -0.2) is 0 Å². The van der Waals surface area contributed by atoms with Crippen molar-refractivity contribution in [3.05, 3.63) is 30.1 Å². The molecule has 1 aliphatic heterocycles. The van der Waals surface area contributed by atoms with Gasteiger partial charge in [-0.15, -0.1) is 0 Å². The SMILES string of the molecule is CNCC1OCCN(C)C1c1ccncc1. The summed E-state index contributed by atoms with van der Waals surface area (Å²) in [6.07, 6.45) is 3.90. The summed E-state index contributed by atoms with van der Waals surface area (Å²) in [5.41, 5.74) is 1.28. The van der Waals surface area contributed by atoms with Gasteiger partial charge in [0.1, 0.15) is 0 Å². The summed E-state index contributed by atoms with van der Waals surface area (Å²) in [7, 11) is 4.11. The standard InChI is InChI=1S/C12H19N3O/c1-13-9-11-12(15(2)7-8-16-11)10-3-5-14-6-4-10/h3-6,11-13H,7-9H2,1-2H3. The summed E-state index contributed by atoms with van der Waals surface area (Å²) in [5.74, 6) is 0.